The van der Waals surface area contributed by atoms with Crippen LogP contribution in [0.15, 0.2) is 0 Å². The van der Waals surface area contributed by atoms with Gasteiger partial charge in [0.05, 0.1) is 24.8 Å². The predicted octanol–water partition coefficient (Wildman–Crippen LogP) is 2.68. The van der Waals surface area contributed by atoms with Gasteiger partial charge >= 0.3 is 5.97 Å². The van der Waals surface area contributed by atoms with Crippen molar-refractivity contribution in [1.29, 1.82) is 5.26 Å². The third-order valence-electron chi connectivity index (χ3n) is 3.07. The molecule has 6 heteroatoms. The van der Waals surface area contributed by atoms with Crippen molar-refractivity contribution >= 4 is 5.97 Å². The lowest BCUT2D eigenvalue weighted by atomic mass is 10.0. The first-order valence-corrected chi connectivity index (χ1v) is 7.61. The Morgan fingerprint density at radius 1 is 1.09 bits per heavy atom. The number of nitriles is 1. The lowest BCUT2D eigenvalue weighted by molar-refractivity contribution is -0.277. The molecule has 128 valence electrons. The van der Waals surface area contributed by atoms with Crippen LogP contribution in [0.5, 0.6) is 0 Å². The fourth-order valence-electron chi connectivity index (χ4n) is 1.83. The average molecular weight is 314 g/mol. The van der Waals surface area contributed by atoms with E-state index in [1.165, 1.54) is 5.06 Å². The highest BCUT2D eigenvalue weighted by Crippen LogP contribution is 2.25. The van der Waals surface area contributed by atoms with Crippen molar-refractivity contribution in [1.82, 2.24) is 5.06 Å². The first-order valence-electron chi connectivity index (χ1n) is 7.61. The summed E-state index contributed by atoms with van der Waals surface area (Å²) in [6.45, 7) is 15.3. The van der Waals surface area contributed by atoms with E-state index in [-0.39, 0.29) is 6.61 Å². The molecule has 0 aromatic rings. The molecule has 0 aromatic heterocycles. The first-order chi connectivity index (χ1) is 9.91. The van der Waals surface area contributed by atoms with E-state index in [0.717, 1.165) is 0 Å². The number of carbonyl (C=O) groups is 1. The fourth-order valence-corrected chi connectivity index (χ4v) is 1.83. The van der Waals surface area contributed by atoms with Gasteiger partial charge in [0.25, 0.3) is 0 Å². The molecule has 0 radical (unpaired) electrons. The van der Waals surface area contributed by atoms with Crippen molar-refractivity contribution in [3.05, 3.63) is 0 Å². The smallest absolute Gasteiger partial charge is 0.328 e. The van der Waals surface area contributed by atoms with Crippen LogP contribution in [0.4, 0.5) is 0 Å². The Kier molecular flexibility index (Phi) is 7.49. The summed E-state index contributed by atoms with van der Waals surface area (Å²) in [6, 6.07) is 2.08. The summed E-state index contributed by atoms with van der Waals surface area (Å²) >= 11 is 0. The minimum Gasteiger partial charge on any atom is -0.465 e. The zero-order chi connectivity index (χ0) is 17.6. The molecule has 0 saturated carbocycles. The van der Waals surface area contributed by atoms with Crippen LogP contribution in [0.1, 0.15) is 55.4 Å². The Bertz CT molecular complexity index is 411. The molecule has 0 aromatic carbocycles. The normalized spacial score (nSPS) is 13.1. The van der Waals surface area contributed by atoms with Crippen LogP contribution in [0, 0.1) is 11.3 Å². The van der Waals surface area contributed by atoms with Gasteiger partial charge in [-0.3, -0.25) is 4.84 Å². The summed E-state index contributed by atoms with van der Waals surface area (Å²) in [7, 11) is 0. The van der Waals surface area contributed by atoms with E-state index in [1.54, 1.807) is 34.6 Å². The summed E-state index contributed by atoms with van der Waals surface area (Å²) in [4.78, 5) is 18.0. The van der Waals surface area contributed by atoms with Crippen LogP contribution >= 0.6 is 0 Å². The van der Waals surface area contributed by atoms with Crippen LogP contribution in [-0.2, 0) is 19.1 Å². The number of hydroxylamine groups is 2. The molecule has 0 spiro atoms. The van der Waals surface area contributed by atoms with Gasteiger partial charge in [-0.2, -0.15) is 10.3 Å². The molecule has 0 fully saturated rings. The second-order valence-electron chi connectivity index (χ2n) is 6.72. The van der Waals surface area contributed by atoms with Crippen molar-refractivity contribution in [3.63, 3.8) is 0 Å². The molecule has 0 aliphatic heterocycles. The molecule has 0 saturated heterocycles. The van der Waals surface area contributed by atoms with Crippen LogP contribution < -0.4 is 0 Å². The highest BCUT2D eigenvalue weighted by molar-refractivity contribution is 5.79. The van der Waals surface area contributed by atoms with Crippen LogP contribution in [0.2, 0.25) is 0 Å². The third-order valence-corrected chi connectivity index (χ3v) is 3.07. The maximum absolute atomic E-state index is 12.3. The Morgan fingerprint density at radius 3 is 2.05 bits per heavy atom. The molecule has 0 rings (SSSR count). The largest absolute Gasteiger partial charge is 0.465 e. The maximum atomic E-state index is 12.3. The molecular formula is C16H30N2O4. The Labute approximate surface area is 134 Å². The highest BCUT2D eigenvalue weighted by Gasteiger charge is 2.43. The molecule has 0 heterocycles. The third kappa shape index (κ3) is 6.30. The van der Waals surface area contributed by atoms with Crippen molar-refractivity contribution < 1.29 is 19.1 Å². The van der Waals surface area contributed by atoms with E-state index < -0.39 is 22.7 Å². The lowest BCUT2D eigenvalue weighted by Gasteiger charge is -2.42. The van der Waals surface area contributed by atoms with E-state index in [4.69, 9.17) is 14.3 Å². The number of hydrogen-bond donors (Lipinski definition) is 0. The van der Waals surface area contributed by atoms with Gasteiger partial charge in [0.2, 0.25) is 0 Å². The number of nitrogens with zero attached hydrogens (tertiary/aromatic N) is 2. The summed E-state index contributed by atoms with van der Waals surface area (Å²) in [5.74, 6) is -0.406. The Balaban J connectivity index is 5.42. The molecule has 0 atom stereocenters. The predicted molar refractivity (Wildman–Crippen MR) is 83.9 cm³/mol. The summed E-state index contributed by atoms with van der Waals surface area (Å²) in [5, 5.41) is 10.7. The molecule has 0 aliphatic carbocycles. The molecule has 0 aliphatic rings. The number of hydrogen-bond acceptors (Lipinski definition) is 6. The quantitative estimate of drug-likeness (QED) is 0.481. The van der Waals surface area contributed by atoms with Gasteiger partial charge in [-0.1, -0.05) is 0 Å². The molecule has 6 nitrogen and oxygen atoms in total. The van der Waals surface area contributed by atoms with E-state index in [1.807, 2.05) is 20.8 Å². The van der Waals surface area contributed by atoms with Gasteiger partial charge in [-0.05, 0) is 55.4 Å². The SMILES string of the molecule is CCOC(=O)C(C)(C)N(CC(C)(C)OCC)OC(C)(C)C#N. The summed E-state index contributed by atoms with van der Waals surface area (Å²) < 4.78 is 10.8. The second kappa shape index (κ2) is 7.91. The monoisotopic (exact) mass is 314 g/mol. The molecule has 0 amide bonds. The molecule has 0 unspecified atom stereocenters. The molecule has 0 bridgehead atoms. The van der Waals surface area contributed by atoms with Crippen molar-refractivity contribution in [3.8, 4) is 6.07 Å². The van der Waals surface area contributed by atoms with Crippen molar-refractivity contribution in [2.24, 2.45) is 0 Å². The average Bonchev–Trinajstić information content (AvgIpc) is 2.37. The van der Waals surface area contributed by atoms with Crippen molar-refractivity contribution in [2.75, 3.05) is 19.8 Å². The summed E-state index contributed by atoms with van der Waals surface area (Å²) in [5.41, 5.74) is -2.64. The zero-order valence-electron chi connectivity index (χ0n) is 15.1. The van der Waals surface area contributed by atoms with E-state index in [2.05, 4.69) is 6.07 Å². The van der Waals surface area contributed by atoms with Gasteiger partial charge in [0.1, 0.15) is 5.54 Å². The van der Waals surface area contributed by atoms with E-state index in [9.17, 15) is 10.1 Å². The first kappa shape index (κ1) is 20.8. The van der Waals surface area contributed by atoms with Crippen molar-refractivity contribution in [2.45, 2.75) is 72.1 Å². The molecule has 0 N–H and O–H groups in total. The fraction of sp³-hybridized carbons (Fsp3) is 0.875. The summed E-state index contributed by atoms with van der Waals surface area (Å²) in [6.07, 6.45) is 0. The molecular weight excluding hydrogens is 284 g/mol. The Hall–Kier alpha value is -1.16. The van der Waals surface area contributed by atoms with E-state index >= 15 is 0 Å². The second-order valence-corrected chi connectivity index (χ2v) is 6.72. The Morgan fingerprint density at radius 2 is 1.64 bits per heavy atom. The van der Waals surface area contributed by atoms with Crippen LogP contribution in [-0.4, -0.2) is 47.5 Å². The van der Waals surface area contributed by atoms with Gasteiger partial charge in [-0.15, -0.1) is 0 Å². The zero-order valence-corrected chi connectivity index (χ0v) is 15.1. The van der Waals surface area contributed by atoms with Crippen LogP contribution in [0.25, 0.3) is 0 Å². The number of esters is 1. The number of carbonyl (C=O) groups excluding carboxylic acids is 1. The van der Waals surface area contributed by atoms with Gasteiger partial charge in [0.15, 0.2) is 5.60 Å². The van der Waals surface area contributed by atoms with Gasteiger partial charge in [-0.25, -0.2) is 4.79 Å². The topological polar surface area (TPSA) is 71.8 Å². The van der Waals surface area contributed by atoms with Crippen LogP contribution in [0.3, 0.4) is 0 Å². The van der Waals surface area contributed by atoms with Gasteiger partial charge in [0, 0.05) is 6.61 Å². The maximum Gasteiger partial charge on any atom is 0.328 e. The van der Waals surface area contributed by atoms with E-state index in [0.29, 0.717) is 13.2 Å². The number of rotatable bonds is 9. The lowest BCUT2D eigenvalue weighted by Crippen LogP contribution is -2.57. The number of ether oxygens (including phenoxy) is 2. The minimum atomic E-state index is -1.06. The molecule has 22 heavy (non-hydrogen) atoms. The highest BCUT2D eigenvalue weighted by atomic mass is 16.7. The minimum absolute atomic E-state index is 0.284. The van der Waals surface area contributed by atoms with Gasteiger partial charge < -0.3 is 9.47 Å². The standard InChI is InChI=1S/C16H30N2O4/c1-9-20-13(19)16(7,8)18(22-14(3,4)11-17)12-15(5,6)21-10-2/h9-10,12H2,1-8H3.